The van der Waals surface area contributed by atoms with E-state index in [1.54, 1.807) is 0 Å². The van der Waals surface area contributed by atoms with Gasteiger partial charge in [0.2, 0.25) is 0 Å². The maximum atomic E-state index is 12.5. The van der Waals surface area contributed by atoms with Crippen LogP contribution in [0.1, 0.15) is 0 Å². The number of hydrogen-bond donors (Lipinski definition) is 0. The molecular formula is C22H18F4N6Re-2. The van der Waals surface area contributed by atoms with E-state index >= 15 is 0 Å². The maximum Gasteiger partial charge on any atom is 0.141 e. The van der Waals surface area contributed by atoms with Crippen molar-refractivity contribution in [1.29, 1.82) is 0 Å². The van der Waals surface area contributed by atoms with E-state index in [1.807, 2.05) is 0 Å². The summed E-state index contributed by atoms with van der Waals surface area (Å²) in [5.41, 5.74) is 14.6. The Morgan fingerprint density at radius 1 is 0.455 bits per heavy atom. The van der Waals surface area contributed by atoms with Crippen LogP contribution in [0.4, 0.5) is 17.6 Å². The number of aromatic nitrogens is 4. The molecule has 1 radical (unpaired) electrons. The Labute approximate surface area is 201 Å². The summed E-state index contributed by atoms with van der Waals surface area (Å²) >= 11 is 0. The summed E-state index contributed by atoms with van der Waals surface area (Å²) in [6.07, 6.45) is 4.39. The van der Waals surface area contributed by atoms with Crippen LogP contribution in [0, 0.1) is 23.3 Å². The minimum absolute atomic E-state index is 0. The van der Waals surface area contributed by atoms with Crippen LogP contribution in [0.15, 0.2) is 73.3 Å². The standard InChI is InChI=1S/2C10H6F2N2.C2H6N2.Re/c2*11-7-1-3-9(13-5-7)10-4-2-8(12)6-14-10;3-1-2-4;/h2*1-6H;3-4H,1-2H2;/q;;-2;. The average molecular weight is 629 g/mol. The molecule has 0 saturated carbocycles. The Bertz CT molecular complexity index is 888. The first kappa shape index (κ1) is 27.9. The molecule has 4 heterocycles. The van der Waals surface area contributed by atoms with Crippen LogP contribution in [-0.2, 0) is 20.4 Å². The second-order valence-electron chi connectivity index (χ2n) is 5.95. The predicted molar refractivity (Wildman–Crippen MR) is 113 cm³/mol. The molecule has 0 bridgehead atoms. The molecule has 0 spiro atoms. The Balaban J connectivity index is 0.000000278. The quantitative estimate of drug-likeness (QED) is 0.263. The number of halogens is 4. The van der Waals surface area contributed by atoms with E-state index in [-0.39, 0.29) is 33.5 Å². The van der Waals surface area contributed by atoms with Crippen LogP contribution in [0.2, 0.25) is 0 Å². The molecule has 0 unspecified atom stereocenters. The molecule has 0 atom stereocenters. The first-order valence-corrected chi connectivity index (χ1v) is 9.19. The monoisotopic (exact) mass is 629 g/mol. The number of pyridine rings is 4. The van der Waals surface area contributed by atoms with Crippen molar-refractivity contribution in [3.05, 3.63) is 108 Å². The number of nitrogens with zero attached hydrogens (tertiary/aromatic N) is 4. The fourth-order valence-electron chi connectivity index (χ4n) is 2.11. The zero-order chi connectivity index (χ0) is 23.3. The second-order valence-corrected chi connectivity index (χ2v) is 5.95. The molecule has 6 nitrogen and oxygen atoms in total. The topological polar surface area (TPSA) is 99.2 Å². The number of nitrogens with one attached hydrogen (secondary N) is 2. The third kappa shape index (κ3) is 9.93. The third-order valence-corrected chi connectivity index (χ3v) is 3.56. The van der Waals surface area contributed by atoms with Crippen LogP contribution >= 0.6 is 0 Å². The normalized spacial score (nSPS) is 9.52. The van der Waals surface area contributed by atoms with Gasteiger partial charge in [-0.3, -0.25) is 19.9 Å². The molecular weight excluding hydrogens is 610 g/mol. The fourth-order valence-corrected chi connectivity index (χ4v) is 2.11. The zero-order valence-corrected chi connectivity index (χ0v) is 19.7. The summed E-state index contributed by atoms with van der Waals surface area (Å²) in [4.78, 5) is 15.3. The van der Waals surface area contributed by atoms with Crippen molar-refractivity contribution < 1.29 is 38.0 Å². The Morgan fingerprint density at radius 3 is 0.788 bits per heavy atom. The minimum atomic E-state index is -0.407. The first-order valence-electron chi connectivity index (χ1n) is 9.19. The van der Waals surface area contributed by atoms with Gasteiger partial charge >= 0.3 is 0 Å². The van der Waals surface area contributed by atoms with E-state index in [0.29, 0.717) is 22.8 Å². The summed E-state index contributed by atoms with van der Waals surface area (Å²) in [7, 11) is 0. The van der Waals surface area contributed by atoms with Crippen molar-refractivity contribution in [2.45, 2.75) is 0 Å². The zero-order valence-electron chi connectivity index (χ0n) is 17.0. The van der Waals surface area contributed by atoms with Crippen molar-refractivity contribution in [3.8, 4) is 22.8 Å². The van der Waals surface area contributed by atoms with Gasteiger partial charge in [0.25, 0.3) is 0 Å². The summed E-state index contributed by atoms with van der Waals surface area (Å²) in [6.45, 7) is 0.472. The molecule has 33 heavy (non-hydrogen) atoms. The van der Waals surface area contributed by atoms with Crippen LogP contribution in [0.25, 0.3) is 34.2 Å². The second kappa shape index (κ2) is 14.9. The van der Waals surface area contributed by atoms with Crippen molar-refractivity contribution in [1.82, 2.24) is 19.9 Å². The summed E-state index contributed by atoms with van der Waals surface area (Å²) in [6, 6.07) is 11.1. The van der Waals surface area contributed by atoms with Crippen molar-refractivity contribution >= 4 is 0 Å². The Kier molecular flexibility index (Phi) is 12.6. The average Bonchev–Trinajstić information content (AvgIpc) is 2.82. The van der Waals surface area contributed by atoms with E-state index < -0.39 is 23.3 Å². The van der Waals surface area contributed by atoms with Gasteiger partial charge in [0, 0.05) is 20.4 Å². The van der Waals surface area contributed by atoms with Gasteiger partial charge < -0.3 is 11.5 Å². The molecule has 0 amide bonds. The number of rotatable bonds is 3. The molecule has 2 N–H and O–H groups in total. The molecule has 0 aliphatic rings. The van der Waals surface area contributed by atoms with Gasteiger partial charge in [-0.2, -0.15) is 13.1 Å². The SMILES string of the molecule is Fc1ccc(-c2ccc(F)cn2)nc1.Fc1ccc(-c2ccc(F)cn2)nc1.[NH-]CC[NH-].[Re]. The predicted octanol–water partition coefficient (Wildman–Crippen LogP) is 5.93. The van der Waals surface area contributed by atoms with E-state index in [2.05, 4.69) is 19.9 Å². The molecule has 4 aromatic heterocycles. The molecule has 4 rings (SSSR count). The Hall–Kier alpha value is -3.10. The molecule has 0 aliphatic heterocycles. The fraction of sp³-hybridized carbons (Fsp3) is 0.0909. The number of hydrogen-bond acceptors (Lipinski definition) is 4. The molecule has 4 aromatic rings. The third-order valence-electron chi connectivity index (χ3n) is 3.56. The van der Waals surface area contributed by atoms with Gasteiger partial charge in [-0.1, -0.05) is 0 Å². The molecule has 0 aliphatic carbocycles. The summed E-state index contributed by atoms with van der Waals surface area (Å²) < 4.78 is 50.1. The molecule has 173 valence electrons. The van der Waals surface area contributed by atoms with Gasteiger partial charge in [-0.15, -0.1) is 0 Å². The van der Waals surface area contributed by atoms with Crippen molar-refractivity contribution in [2.24, 2.45) is 0 Å². The Morgan fingerprint density at radius 2 is 0.667 bits per heavy atom. The van der Waals surface area contributed by atoms with E-state index in [1.165, 1.54) is 48.5 Å². The van der Waals surface area contributed by atoms with Gasteiger partial charge in [0.15, 0.2) is 0 Å². The largest absolute Gasteiger partial charge is 0.679 e. The van der Waals surface area contributed by atoms with Crippen LogP contribution in [0.3, 0.4) is 0 Å². The molecule has 0 fully saturated rings. The van der Waals surface area contributed by atoms with Gasteiger partial charge in [-0.25, -0.2) is 17.6 Å². The van der Waals surface area contributed by atoms with Crippen LogP contribution in [-0.4, -0.2) is 33.0 Å². The van der Waals surface area contributed by atoms with E-state index in [9.17, 15) is 17.6 Å². The molecule has 11 heteroatoms. The summed E-state index contributed by atoms with van der Waals surface area (Å²) in [5, 5.41) is 0. The van der Waals surface area contributed by atoms with Gasteiger partial charge in [0.05, 0.1) is 47.6 Å². The van der Waals surface area contributed by atoms with Gasteiger partial charge in [-0.05, 0) is 48.5 Å². The minimum Gasteiger partial charge on any atom is -0.679 e. The maximum absolute atomic E-state index is 12.5. The van der Waals surface area contributed by atoms with Gasteiger partial charge in [0.1, 0.15) is 23.3 Å². The molecule has 0 saturated heterocycles. The summed E-state index contributed by atoms with van der Waals surface area (Å²) in [5.74, 6) is -1.63. The van der Waals surface area contributed by atoms with Crippen molar-refractivity contribution in [2.75, 3.05) is 13.1 Å². The van der Waals surface area contributed by atoms with Crippen LogP contribution < -0.4 is 0 Å². The molecule has 0 aromatic carbocycles. The smallest absolute Gasteiger partial charge is 0.141 e. The van der Waals surface area contributed by atoms with Crippen molar-refractivity contribution in [3.63, 3.8) is 0 Å². The van der Waals surface area contributed by atoms with E-state index in [4.69, 9.17) is 11.5 Å². The van der Waals surface area contributed by atoms with Crippen LogP contribution in [0.5, 0.6) is 0 Å². The van der Waals surface area contributed by atoms with E-state index in [0.717, 1.165) is 24.8 Å². The first-order chi connectivity index (χ1) is 15.4.